The topological polar surface area (TPSA) is 99.7 Å². The molecule has 3 aromatic heterocycles. The Kier molecular flexibility index (Phi) is 4.39. The maximum atomic E-state index is 12.9. The van der Waals surface area contributed by atoms with Gasteiger partial charge in [-0.05, 0) is 38.0 Å². The normalized spacial score (nSPS) is 17.3. The molecule has 0 spiro atoms. The van der Waals surface area contributed by atoms with Crippen molar-refractivity contribution in [2.24, 2.45) is 7.05 Å². The molecule has 8 nitrogen and oxygen atoms in total. The van der Waals surface area contributed by atoms with Gasteiger partial charge in [-0.1, -0.05) is 0 Å². The molecule has 27 heavy (non-hydrogen) atoms. The highest BCUT2D eigenvalue weighted by molar-refractivity contribution is 5.93. The van der Waals surface area contributed by atoms with Crippen LogP contribution in [-0.4, -0.2) is 48.6 Å². The number of amides is 1. The smallest absolute Gasteiger partial charge is 0.271 e. The first-order chi connectivity index (χ1) is 13.0. The van der Waals surface area contributed by atoms with E-state index >= 15 is 0 Å². The Labute approximate surface area is 156 Å². The van der Waals surface area contributed by atoms with Gasteiger partial charge in [0.2, 0.25) is 0 Å². The number of likely N-dealkylation sites (tertiary alicyclic amines) is 1. The Morgan fingerprint density at radius 1 is 1.33 bits per heavy atom. The van der Waals surface area contributed by atoms with E-state index in [1.165, 1.54) is 6.07 Å². The molecule has 4 rings (SSSR count). The van der Waals surface area contributed by atoms with Crippen molar-refractivity contribution in [2.45, 2.75) is 25.7 Å². The molecule has 0 bridgehead atoms. The third kappa shape index (κ3) is 3.42. The highest BCUT2D eigenvalue weighted by Gasteiger charge is 2.27. The molecule has 1 amide bonds. The van der Waals surface area contributed by atoms with E-state index in [1.807, 2.05) is 34.8 Å². The van der Waals surface area contributed by atoms with Gasteiger partial charge in [-0.25, -0.2) is 4.98 Å². The zero-order chi connectivity index (χ0) is 19.0. The van der Waals surface area contributed by atoms with Gasteiger partial charge in [0.15, 0.2) is 0 Å². The van der Waals surface area contributed by atoms with Gasteiger partial charge in [0.1, 0.15) is 17.2 Å². The zero-order valence-electron chi connectivity index (χ0n) is 15.4. The maximum Gasteiger partial charge on any atom is 0.271 e. The molecule has 1 aliphatic rings. The van der Waals surface area contributed by atoms with E-state index < -0.39 is 0 Å². The molecule has 0 saturated carbocycles. The summed E-state index contributed by atoms with van der Waals surface area (Å²) in [6, 6.07) is 7.23. The lowest BCUT2D eigenvalue weighted by Crippen LogP contribution is -2.39. The SMILES string of the molecule is Cc1nc([C@@H]2CCCN(C(=O)c3cc(-c4cccn4C)n[nH]3)C2)cc(=O)[nH]1. The molecule has 1 fully saturated rings. The van der Waals surface area contributed by atoms with E-state index in [9.17, 15) is 9.59 Å². The molecule has 1 aliphatic heterocycles. The number of aromatic amines is 2. The lowest BCUT2D eigenvalue weighted by atomic mass is 9.94. The second-order valence-corrected chi connectivity index (χ2v) is 7.02. The first-order valence-electron chi connectivity index (χ1n) is 9.05. The molecule has 8 heteroatoms. The molecule has 1 atom stereocenters. The third-order valence-corrected chi connectivity index (χ3v) is 5.02. The number of hydrogen-bond acceptors (Lipinski definition) is 4. The molecule has 0 aromatic carbocycles. The average Bonchev–Trinajstić information content (AvgIpc) is 3.29. The van der Waals surface area contributed by atoms with Crippen LogP contribution in [0.1, 0.15) is 40.8 Å². The zero-order valence-corrected chi connectivity index (χ0v) is 15.4. The number of carbonyl (C=O) groups is 1. The fraction of sp³-hybridized carbons (Fsp3) is 0.368. The number of nitrogens with zero attached hydrogens (tertiary/aromatic N) is 4. The Hall–Kier alpha value is -3.16. The molecular formula is C19H22N6O2. The van der Waals surface area contributed by atoms with Gasteiger partial charge < -0.3 is 14.5 Å². The number of H-pyrrole nitrogens is 2. The van der Waals surface area contributed by atoms with Crippen LogP contribution in [-0.2, 0) is 7.05 Å². The minimum Gasteiger partial charge on any atom is -0.349 e. The Balaban J connectivity index is 1.53. The van der Waals surface area contributed by atoms with Crippen molar-refractivity contribution in [2.75, 3.05) is 13.1 Å². The summed E-state index contributed by atoms with van der Waals surface area (Å²) in [5, 5.41) is 7.15. The predicted molar refractivity (Wildman–Crippen MR) is 100 cm³/mol. The molecule has 0 aliphatic carbocycles. The highest BCUT2D eigenvalue weighted by atomic mass is 16.2. The standard InChI is InChI=1S/C19H22N6O2/c1-12-20-14(10-18(26)21-12)13-5-3-8-25(11-13)19(27)16-9-15(22-23-16)17-6-4-7-24(17)2/h4,6-7,9-10,13H,3,5,8,11H2,1-2H3,(H,22,23)(H,20,21,26)/t13-/m1/s1. The van der Waals surface area contributed by atoms with E-state index in [2.05, 4.69) is 20.2 Å². The van der Waals surface area contributed by atoms with E-state index in [1.54, 1.807) is 13.0 Å². The monoisotopic (exact) mass is 366 g/mol. The molecule has 0 radical (unpaired) electrons. The Morgan fingerprint density at radius 2 is 2.19 bits per heavy atom. The van der Waals surface area contributed by atoms with Crippen molar-refractivity contribution >= 4 is 5.91 Å². The molecule has 2 N–H and O–H groups in total. The predicted octanol–water partition coefficient (Wildman–Crippen LogP) is 1.83. The Bertz CT molecular complexity index is 1030. The number of piperidine rings is 1. The minimum absolute atomic E-state index is 0.0685. The first-order valence-corrected chi connectivity index (χ1v) is 9.05. The lowest BCUT2D eigenvalue weighted by Gasteiger charge is -2.32. The summed E-state index contributed by atoms with van der Waals surface area (Å²) in [5.41, 5.74) is 2.77. The average molecular weight is 366 g/mol. The number of aromatic nitrogens is 5. The lowest BCUT2D eigenvalue weighted by molar-refractivity contribution is 0.0700. The van der Waals surface area contributed by atoms with Crippen LogP contribution in [0.2, 0.25) is 0 Å². The van der Waals surface area contributed by atoms with Crippen LogP contribution < -0.4 is 5.56 Å². The summed E-state index contributed by atoms with van der Waals surface area (Å²) < 4.78 is 1.96. The molecule has 1 saturated heterocycles. The number of aryl methyl sites for hydroxylation is 2. The maximum absolute atomic E-state index is 12.9. The van der Waals surface area contributed by atoms with Crippen LogP contribution in [0.25, 0.3) is 11.4 Å². The van der Waals surface area contributed by atoms with Crippen LogP contribution in [0.4, 0.5) is 0 Å². The molecular weight excluding hydrogens is 344 g/mol. The van der Waals surface area contributed by atoms with Gasteiger partial charge in [0, 0.05) is 38.3 Å². The van der Waals surface area contributed by atoms with Gasteiger partial charge in [-0.2, -0.15) is 5.10 Å². The molecule has 4 heterocycles. The van der Waals surface area contributed by atoms with E-state index in [-0.39, 0.29) is 17.4 Å². The number of nitrogens with one attached hydrogen (secondary N) is 2. The van der Waals surface area contributed by atoms with E-state index in [0.29, 0.717) is 24.6 Å². The van der Waals surface area contributed by atoms with Crippen LogP contribution in [0, 0.1) is 6.92 Å². The fourth-order valence-corrected chi connectivity index (χ4v) is 3.67. The number of rotatable bonds is 3. The summed E-state index contributed by atoms with van der Waals surface area (Å²) >= 11 is 0. The van der Waals surface area contributed by atoms with Gasteiger partial charge in [0.05, 0.1) is 11.4 Å². The van der Waals surface area contributed by atoms with Crippen molar-refractivity contribution in [1.29, 1.82) is 0 Å². The fourth-order valence-electron chi connectivity index (χ4n) is 3.67. The van der Waals surface area contributed by atoms with Crippen molar-refractivity contribution in [3.05, 3.63) is 58.0 Å². The second kappa shape index (κ2) is 6.86. The van der Waals surface area contributed by atoms with Crippen LogP contribution in [0.15, 0.2) is 35.3 Å². The summed E-state index contributed by atoms with van der Waals surface area (Å²) in [5.74, 6) is 0.593. The van der Waals surface area contributed by atoms with Crippen molar-refractivity contribution in [1.82, 2.24) is 29.6 Å². The summed E-state index contributed by atoms with van der Waals surface area (Å²) in [7, 11) is 1.94. The Morgan fingerprint density at radius 3 is 2.93 bits per heavy atom. The largest absolute Gasteiger partial charge is 0.349 e. The van der Waals surface area contributed by atoms with Crippen molar-refractivity contribution in [3.8, 4) is 11.4 Å². The van der Waals surface area contributed by atoms with Crippen molar-refractivity contribution < 1.29 is 4.79 Å². The van der Waals surface area contributed by atoms with Crippen molar-refractivity contribution in [3.63, 3.8) is 0 Å². The molecule has 140 valence electrons. The van der Waals surface area contributed by atoms with E-state index in [4.69, 9.17) is 0 Å². The summed E-state index contributed by atoms with van der Waals surface area (Å²) in [6.07, 6.45) is 3.73. The second-order valence-electron chi connectivity index (χ2n) is 7.02. The van der Waals surface area contributed by atoms with Gasteiger partial charge >= 0.3 is 0 Å². The van der Waals surface area contributed by atoms with Crippen LogP contribution in [0.3, 0.4) is 0 Å². The van der Waals surface area contributed by atoms with Crippen LogP contribution >= 0.6 is 0 Å². The highest BCUT2D eigenvalue weighted by Crippen LogP contribution is 2.26. The summed E-state index contributed by atoms with van der Waals surface area (Å²) in [6.45, 7) is 3.01. The summed E-state index contributed by atoms with van der Waals surface area (Å²) in [4.78, 5) is 33.6. The van der Waals surface area contributed by atoms with Gasteiger partial charge in [-0.3, -0.25) is 14.7 Å². The van der Waals surface area contributed by atoms with Gasteiger partial charge in [0.25, 0.3) is 11.5 Å². The third-order valence-electron chi connectivity index (χ3n) is 5.02. The number of carbonyl (C=O) groups excluding carboxylic acids is 1. The first kappa shape index (κ1) is 17.3. The molecule has 0 unspecified atom stereocenters. The van der Waals surface area contributed by atoms with Gasteiger partial charge in [-0.15, -0.1) is 0 Å². The van der Waals surface area contributed by atoms with Crippen LogP contribution in [0.5, 0.6) is 0 Å². The number of hydrogen-bond donors (Lipinski definition) is 2. The quantitative estimate of drug-likeness (QED) is 0.738. The molecule has 3 aromatic rings. The minimum atomic E-state index is -0.151. The van der Waals surface area contributed by atoms with E-state index in [0.717, 1.165) is 29.9 Å².